The molecule has 0 saturated heterocycles. The number of aromatic amines is 1. The third-order valence-electron chi connectivity index (χ3n) is 5.75. The van der Waals surface area contributed by atoms with Crippen molar-refractivity contribution in [3.05, 3.63) is 45.4 Å². The largest absolute Gasteiger partial charge is 0.511 e. The van der Waals surface area contributed by atoms with Gasteiger partial charge in [0.15, 0.2) is 5.75 Å². The molecule has 1 aliphatic carbocycles. The number of aromatic nitrogens is 2. The van der Waals surface area contributed by atoms with Crippen LogP contribution in [0.5, 0.6) is 11.5 Å². The van der Waals surface area contributed by atoms with Crippen LogP contribution in [0.3, 0.4) is 0 Å². The van der Waals surface area contributed by atoms with Crippen LogP contribution in [0.4, 0.5) is 4.79 Å². The van der Waals surface area contributed by atoms with Gasteiger partial charge >= 0.3 is 6.16 Å². The third kappa shape index (κ3) is 4.13. The van der Waals surface area contributed by atoms with E-state index in [1.54, 1.807) is 0 Å². The van der Waals surface area contributed by atoms with Crippen molar-refractivity contribution in [3.8, 4) is 22.8 Å². The van der Waals surface area contributed by atoms with Crippen molar-refractivity contribution >= 4 is 29.5 Å². The monoisotopic (exact) mass is 447 g/mol. The van der Waals surface area contributed by atoms with Gasteiger partial charge < -0.3 is 29.8 Å². The molecule has 31 heavy (non-hydrogen) atoms. The summed E-state index contributed by atoms with van der Waals surface area (Å²) in [6.45, 7) is 3.71. The molecule has 4 N–H and O–H groups in total. The van der Waals surface area contributed by atoms with Gasteiger partial charge in [-0.3, -0.25) is 4.79 Å². The highest BCUT2D eigenvalue weighted by Crippen LogP contribution is 2.39. The second-order valence-corrected chi connectivity index (χ2v) is 7.60. The zero-order chi connectivity index (χ0) is 21.4. The van der Waals surface area contributed by atoms with Gasteiger partial charge in [-0.05, 0) is 56.0 Å². The number of pyridine rings is 1. The number of aryl methyl sites for hydroxylation is 2. The average Bonchev–Trinajstić information content (AvgIpc) is 3.00. The van der Waals surface area contributed by atoms with Crippen LogP contribution < -0.4 is 15.6 Å². The van der Waals surface area contributed by atoms with Crippen molar-refractivity contribution < 1.29 is 19.7 Å². The third-order valence-corrected chi connectivity index (χ3v) is 5.75. The number of nitrogens with zero attached hydrogens (tertiary/aromatic N) is 1. The average molecular weight is 448 g/mol. The quantitative estimate of drug-likeness (QED) is 0.453. The van der Waals surface area contributed by atoms with Crippen LogP contribution in [0.25, 0.3) is 22.2 Å². The maximum Gasteiger partial charge on any atom is 0.511 e. The molecule has 0 atom stereocenters. The first kappa shape index (κ1) is 22.7. The second-order valence-electron chi connectivity index (χ2n) is 7.60. The van der Waals surface area contributed by atoms with E-state index in [1.807, 2.05) is 13.1 Å². The Morgan fingerprint density at radius 3 is 2.71 bits per heavy atom. The summed E-state index contributed by atoms with van der Waals surface area (Å²) in [7, 11) is 2.04. The lowest BCUT2D eigenvalue weighted by molar-refractivity contribution is 0.142. The molecule has 3 aromatic rings. The molecule has 1 aromatic carbocycles. The summed E-state index contributed by atoms with van der Waals surface area (Å²) < 4.78 is 6.71. The fourth-order valence-corrected chi connectivity index (χ4v) is 4.23. The van der Waals surface area contributed by atoms with E-state index >= 15 is 0 Å². The number of benzene rings is 1. The molecule has 0 fully saturated rings. The second kappa shape index (κ2) is 9.03. The number of nitrogens with one attached hydrogen (secondary N) is 2. The Hall–Kier alpha value is -2.97. The molecule has 2 aromatic heterocycles. The summed E-state index contributed by atoms with van der Waals surface area (Å²) in [5.74, 6) is -0.970. The number of H-pyrrole nitrogens is 1. The molecule has 0 aliphatic heterocycles. The number of ether oxygens (including phenoxy) is 1. The topological polar surface area (TPSA) is 117 Å². The van der Waals surface area contributed by atoms with Crippen molar-refractivity contribution in [1.82, 2.24) is 14.9 Å². The van der Waals surface area contributed by atoms with E-state index in [0.717, 1.165) is 60.1 Å². The predicted molar refractivity (Wildman–Crippen MR) is 121 cm³/mol. The van der Waals surface area contributed by atoms with Gasteiger partial charge in [0.25, 0.3) is 5.56 Å². The normalized spacial score (nSPS) is 13.0. The van der Waals surface area contributed by atoms with Gasteiger partial charge in [-0.25, -0.2) is 4.79 Å². The summed E-state index contributed by atoms with van der Waals surface area (Å²) in [6.07, 6.45) is 1.46. The van der Waals surface area contributed by atoms with Crippen LogP contribution in [0.2, 0.25) is 0 Å². The Kier molecular flexibility index (Phi) is 6.62. The van der Waals surface area contributed by atoms with Gasteiger partial charge in [0, 0.05) is 41.3 Å². The Balaban J connectivity index is 0.00000272. The lowest BCUT2D eigenvalue weighted by Gasteiger charge is -2.19. The summed E-state index contributed by atoms with van der Waals surface area (Å²) >= 11 is 0. The van der Waals surface area contributed by atoms with E-state index in [-0.39, 0.29) is 12.4 Å². The first-order valence-electron chi connectivity index (χ1n) is 10.1. The molecule has 4 rings (SSSR count). The molecule has 0 unspecified atom stereocenters. The number of halogens is 1. The molecule has 0 spiro atoms. The molecular weight excluding hydrogens is 422 g/mol. The smallest absolute Gasteiger partial charge is 0.504 e. The van der Waals surface area contributed by atoms with Gasteiger partial charge in [0.2, 0.25) is 5.75 Å². The van der Waals surface area contributed by atoms with Gasteiger partial charge in [0.1, 0.15) is 0 Å². The van der Waals surface area contributed by atoms with E-state index in [1.165, 1.54) is 0 Å². The predicted octanol–water partition coefficient (Wildman–Crippen LogP) is 3.71. The van der Waals surface area contributed by atoms with Gasteiger partial charge in [-0.2, -0.15) is 0 Å². The maximum atomic E-state index is 12.5. The molecule has 0 radical (unpaired) electrons. The maximum absolute atomic E-state index is 12.5. The highest BCUT2D eigenvalue weighted by atomic mass is 35.5. The molecule has 2 heterocycles. The van der Waals surface area contributed by atoms with E-state index in [2.05, 4.69) is 38.7 Å². The molecule has 0 bridgehead atoms. The van der Waals surface area contributed by atoms with Gasteiger partial charge in [-0.15, -0.1) is 12.4 Å². The number of hydrogen-bond acceptors (Lipinski definition) is 5. The summed E-state index contributed by atoms with van der Waals surface area (Å²) in [5, 5.41) is 23.9. The van der Waals surface area contributed by atoms with Crippen LogP contribution in [-0.4, -0.2) is 32.5 Å². The molecular formula is C22H26ClN3O5. The standard InChI is InChI=1S/C22H25N3O5.ClH/c1-3-23-11-14-8-13-9-16-12(10-17(13)25(14)2)6-4-5-7-15-18(16)24-21(27)20(19(15)26)30-22(28)29;/h8-10,23H,3-7,11H2,1-2H3,(H,28,29)(H2,24,26,27);1H. The number of rotatable bonds is 4. The van der Waals surface area contributed by atoms with Gasteiger partial charge in [-0.1, -0.05) is 6.92 Å². The number of carbonyl (C=O) groups is 1. The number of fused-ring (bicyclic) bond motifs is 4. The summed E-state index contributed by atoms with van der Waals surface area (Å²) in [5.41, 5.74) is 4.49. The number of carboxylic acid groups (broad SMARTS) is 1. The first-order valence-corrected chi connectivity index (χ1v) is 10.1. The molecule has 8 nitrogen and oxygen atoms in total. The number of hydrogen-bond donors (Lipinski definition) is 4. The number of aromatic hydroxyl groups is 1. The lowest BCUT2D eigenvalue weighted by Crippen LogP contribution is -2.18. The van der Waals surface area contributed by atoms with Crippen molar-refractivity contribution in [3.63, 3.8) is 0 Å². The molecule has 9 heteroatoms. The van der Waals surface area contributed by atoms with Crippen LogP contribution in [0.1, 0.15) is 36.6 Å². The van der Waals surface area contributed by atoms with Crippen molar-refractivity contribution in [2.45, 2.75) is 39.2 Å². The van der Waals surface area contributed by atoms with Crippen LogP contribution in [-0.2, 0) is 26.4 Å². The fourth-order valence-electron chi connectivity index (χ4n) is 4.23. The minimum atomic E-state index is -1.64. The van der Waals surface area contributed by atoms with E-state index in [9.17, 15) is 14.7 Å². The molecule has 1 aliphatic rings. The highest BCUT2D eigenvalue weighted by Gasteiger charge is 2.24. The van der Waals surface area contributed by atoms with Crippen molar-refractivity contribution in [1.29, 1.82) is 0 Å². The van der Waals surface area contributed by atoms with E-state index in [4.69, 9.17) is 5.11 Å². The van der Waals surface area contributed by atoms with Crippen LogP contribution >= 0.6 is 12.4 Å². The van der Waals surface area contributed by atoms with Gasteiger partial charge in [0.05, 0.1) is 5.69 Å². The minimum absolute atomic E-state index is 0. The fraction of sp³-hybridized carbons (Fsp3) is 0.364. The minimum Gasteiger partial charge on any atom is -0.504 e. The zero-order valence-electron chi connectivity index (χ0n) is 17.4. The van der Waals surface area contributed by atoms with E-state index < -0.39 is 23.2 Å². The van der Waals surface area contributed by atoms with Crippen molar-refractivity contribution in [2.75, 3.05) is 6.54 Å². The van der Waals surface area contributed by atoms with Crippen LogP contribution in [0.15, 0.2) is 23.0 Å². The Labute approximate surface area is 185 Å². The first-order chi connectivity index (χ1) is 14.4. The SMILES string of the molecule is CCNCc1cc2cc3c(cc2n1C)CCCCc1c-3[nH]c(=O)c(OC(=O)O)c1O.Cl. The van der Waals surface area contributed by atoms with E-state index in [0.29, 0.717) is 17.7 Å². The Morgan fingerprint density at radius 2 is 2.00 bits per heavy atom. The summed E-state index contributed by atoms with van der Waals surface area (Å²) in [4.78, 5) is 26.2. The molecule has 0 saturated carbocycles. The molecule has 0 amide bonds. The van der Waals surface area contributed by atoms with Crippen LogP contribution in [0, 0.1) is 0 Å². The highest BCUT2D eigenvalue weighted by molar-refractivity contribution is 5.89. The van der Waals surface area contributed by atoms with Crippen molar-refractivity contribution in [2.24, 2.45) is 7.05 Å². The Bertz CT molecular complexity index is 1200. The molecule has 166 valence electrons. The zero-order valence-corrected chi connectivity index (χ0v) is 18.3. The Morgan fingerprint density at radius 1 is 1.26 bits per heavy atom. The lowest BCUT2D eigenvalue weighted by atomic mass is 9.89. The summed E-state index contributed by atoms with van der Waals surface area (Å²) in [6, 6.07) is 6.31.